The number of halogens is 1. The van der Waals surface area contributed by atoms with E-state index in [1.54, 1.807) is 48.7 Å². The number of pyridine rings is 1. The highest BCUT2D eigenvalue weighted by Gasteiger charge is 2.16. The van der Waals surface area contributed by atoms with Gasteiger partial charge in [-0.05, 0) is 36.8 Å². The summed E-state index contributed by atoms with van der Waals surface area (Å²) < 4.78 is 66.4. The fourth-order valence-electron chi connectivity index (χ4n) is 4.03. The summed E-state index contributed by atoms with van der Waals surface area (Å²) in [5.41, 5.74) is 2.46. The van der Waals surface area contributed by atoms with Crippen LogP contribution in [-0.2, 0) is 20.5 Å². The third-order valence-electron chi connectivity index (χ3n) is 5.87. The number of ether oxygens (including phenoxy) is 4. The SMILES string of the molecule is COCC/C(=N\S(=O)(=O)Cc1cccc(C)c1)Nc1ccc(Oc2ccnc3cc(OC)c(OC)cc23)c(F)c1. The monoisotopic (exact) mass is 567 g/mol. The van der Waals surface area contributed by atoms with E-state index in [0.29, 0.717) is 39.4 Å². The number of amidine groups is 1. The third-order valence-corrected chi connectivity index (χ3v) is 7.07. The van der Waals surface area contributed by atoms with Gasteiger partial charge in [0.05, 0.1) is 32.1 Å². The van der Waals surface area contributed by atoms with Crippen LogP contribution in [0.15, 0.2) is 71.3 Å². The van der Waals surface area contributed by atoms with E-state index in [1.807, 2.05) is 13.0 Å². The molecular weight excluding hydrogens is 537 g/mol. The van der Waals surface area contributed by atoms with E-state index in [-0.39, 0.29) is 30.4 Å². The lowest BCUT2D eigenvalue weighted by Gasteiger charge is -2.14. The van der Waals surface area contributed by atoms with Gasteiger partial charge in [0.1, 0.15) is 11.6 Å². The highest BCUT2D eigenvalue weighted by Crippen LogP contribution is 2.37. The maximum absolute atomic E-state index is 15.2. The second kappa shape index (κ2) is 12.8. The van der Waals surface area contributed by atoms with Gasteiger partial charge in [-0.2, -0.15) is 0 Å². The van der Waals surface area contributed by atoms with Gasteiger partial charge in [0.25, 0.3) is 10.0 Å². The number of methoxy groups -OCH3 is 3. The zero-order valence-electron chi connectivity index (χ0n) is 22.6. The van der Waals surface area contributed by atoms with Crippen molar-refractivity contribution < 1.29 is 31.8 Å². The quantitative estimate of drug-likeness (QED) is 0.177. The largest absolute Gasteiger partial charge is 0.493 e. The van der Waals surface area contributed by atoms with Crippen LogP contribution in [0.5, 0.6) is 23.0 Å². The Morgan fingerprint density at radius 2 is 1.73 bits per heavy atom. The number of benzene rings is 3. The third kappa shape index (κ3) is 7.25. The van der Waals surface area contributed by atoms with E-state index in [1.165, 1.54) is 33.5 Å². The van der Waals surface area contributed by atoms with Crippen LogP contribution in [0.2, 0.25) is 0 Å². The summed E-state index contributed by atoms with van der Waals surface area (Å²) in [5, 5.41) is 3.52. The van der Waals surface area contributed by atoms with Crippen molar-refractivity contribution in [3.05, 3.63) is 83.8 Å². The van der Waals surface area contributed by atoms with Crippen molar-refractivity contribution >= 4 is 32.4 Å². The maximum Gasteiger partial charge on any atom is 0.258 e. The minimum atomic E-state index is -3.87. The minimum absolute atomic E-state index is 0.0321. The highest BCUT2D eigenvalue weighted by atomic mass is 32.2. The molecule has 0 unspecified atom stereocenters. The van der Waals surface area contributed by atoms with Crippen molar-refractivity contribution in [2.24, 2.45) is 4.40 Å². The van der Waals surface area contributed by atoms with Crippen molar-refractivity contribution in [2.75, 3.05) is 33.3 Å². The molecular formula is C29H30FN3O6S. The standard InChI is InChI=1S/C29H30FN3O6S/c1-19-6-5-7-20(14-19)18-40(34,35)33-29(11-13-36-2)32-21-8-9-26(23(30)15-21)39-25-10-12-31-24-17-28(38-4)27(37-3)16-22(24)25/h5-10,12,14-17H,11,13,18H2,1-4H3,(H,32,33). The van der Waals surface area contributed by atoms with Crippen LogP contribution < -0.4 is 19.5 Å². The van der Waals surface area contributed by atoms with E-state index in [4.69, 9.17) is 18.9 Å². The predicted octanol–water partition coefficient (Wildman–Crippen LogP) is 5.87. The topological polar surface area (TPSA) is 108 Å². The lowest BCUT2D eigenvalue weighted by atomic mass is 10.2. The Kier molecular flexibility index (Phi) is 9.18. The lowest BCUT2D eigenvalue weighted by Crippen LogP contribution is -2.17. The second-order valence-electron chi connectivity index (χ2n) is 8.90. The van der Waals surface area contributed by atoms with Crippen molar-refractivity contribution in [2.45, 2.75) is 19.1 Å². The summed E-state index contributed by atoms with van der Waals surface area (Å²) in [6, 6.07) is 16.5. The number of aryl methyl sites for hydroxylation is 1. The zero-order chi connectivity index (χ0) is 28.7. The molecule has 0 aliphatic rings. The van der Waals surface area contributed by atoms with Gasteiger partial charge in [0, 0.05) is 42.9 Å². The molecule has 0 saturated heterocycles. The first-order valence-electron chi connectivity index (χ1n) is 12.3. The average molecular weight is 568 g/mol. The van der Waals surface area contributed by atoms with E-state index < -0.39 is 15.8 Å². The number of fused-ring (bicyclic) bond motifs is 1. The van der Waals surface area contributed by atoms with Crippen LogP contribution in [0.1, 0.15) is 17.5 Å². The molecule has 0 radical (unpaired) electrons. The summed E-state index contributed by atoms with van der Waals surface area (Å²) in [6.45, 7) is 2.11. The molecule has 4 aromatic rings. The molecule has 4 rings (SSSR count). The molecule has 11 heteroatoms. The van der Waals surface area contributed by atoms with Crippen molar-refractivity contribution in [1.82, 2.24) is 4.98 Å². The molecule has 1 aromatic heterocycles. The van der Waals surface area contributed by atoms with Crippen molar-refractivity contribution in [3.8, 4) is 23.0 Å². The van der Waals surface area contributed by atoms with E-state index >= 15 is 4.39 Å². The molecule has 1 N–H and O–H groups in total. The molecule has 0 aliphatic heterocycles. The molecule has 0 bridgehead atoms. The molecule has 0 atom stereocenters. The molecule has 0 amide bonds. The van der Waals surface area contributed by atoms with Gasteiger partial charge >= 0.3 is 0 Å². The van der Waals surface area contributed by atoms with E-state index in [0.717, 1.165) is 5.56 Å². The molecule has 9 nitrogen and oxygen atoms in total. The number of hydrogen-bond acceptors (Lipinski definition) is 7. The first-order valence-corrected chi connectivity index (χ1v) is 13.9. The van der Waals surface area contributed by atoms with Crippen molar-refractivity contribution in [1.29, 1.82) is 0 Å². The van der Waals surface area contributed by atoms with Gasteiger partial charge < -0.3 is 24.3 Å². The molecule has 0 saturated carbocycles. The van der Waals surface area contributed by atoms with Crippen LogP contribution in [0.4, 0.5) is 10.1 Å². The number of hydrogen-bond donors (Lipinski definition) is 1. The fourth-order valence-corrected chi connectivity index (χ4v) is 5.16. The van der Waals surface area contributed by atoms with Crippen molar-refractivity contribution in [3.63, 3.8) is 0 Å². The summed E-state index contributed by atoms with van der Waals surface area (Å²) in [5.74, 6) is 0.532. The fraction of sp³-hybridized carbons (Fsp3) is 0.241. The Labute approximate surface area is 232 Å². The van der Waals surface area contributed by atoms with Gasteiger partial charge in [-0.15, -0.1) is 4.40 Å². The summed E-state index contributed by atoms with van der Waals surface area (Å²) in [7, 11) is 0.679. The summed E-state index contributed by atoms with van der Waals surface area (Å²) in [4.78, 5) is 4.33. The number of anilines is 1. The van der Waals surface area contributed by atoms with Crippen LogP contribution in [0.25, 0.3) is 10.9 Å². The van der Waals surface area contributed by atoms with Gasteiger partial charge in [0.2, 0.25) is 0 Å². The number of aromatic nitrogens is 1. The first kappa shape index (κ1) is 28.8. The van der Waals surface area contributed by atoms with Gasteiger partial charge in [-0.25, -0.2) is 12.8 Å². The summed E-state index contributed by atoms with van der Waals surface area (Å²) in [6.07, 6.45) is 1.73. The normalized spacial score (nSPS) is 11.9. The van der Waals surface area contributed by atoms with E-state index in [9.17, 15) is 8.42 Å². The molecule has 210 valence electrons. The Morgan fingerprint density at radius 1 is 0.950 bits per heavy atom. The number of nitrogens with zero attached hydrogens (tertiary/aromatic N) is 2. The van der Waals surface area contributed by atoms with E-state index in [2.05, 4.69) is 14.7 Å². The Balaban J connectivity index is 1.57. The lowest BCUT2D eigenvalue weighted by molar-refractivity contribution is 0.207. The average Bonchev–Trinajstić information content (AvgIpc) is 2.92. The molecule has 0 aliphatic carbocycles. The minimum Gasteiger partial charge on any atom is -0.493 e. The number of sulfonamides is 1. The maximum atomic E-state index is 15.2. The van der Waals surface area contributed by atoms with Gasteiger partial charge in [-0.3, -0.25) is 4.98 Å². The van der Waals surface area contributed by atoms with Gasteiger partial charge in [-0.1, -0.05) is 29.8 Å². The van der Waals surface area contributed by atoms with Gasteiger partial charge in [0.15, 0.2) is 23.1 Å². The molecule has 0 fully saturated rings. The van der Waals surface area contributed by atoms with Crippen LogP contribution >= 0.6 is 0 Å². The number of rotatable bonds is 11. The van der Waals surface area contributed by atoms with Crippen LogP contribution in [0.3, 0.4) is 0 Å². The summed E-state index contributed by atoms with van der Waals surface area (Å²) >= 11 is 0. The highest BCUT2D eigenvalue weighted by molar-refractivity contribution is 7.89. The number of nitrogens with one attached hydrogen (secondary N) is 1. The molecule has 3 aromatic carbocycles. The predicted molar refractivity (Wildman–Crippen MR) is 153 cm³/mol. The van der Waals surface area contributed by atoms with Crippen LogP contribution in [0, 0.1) is 12.7 Å². The zero-order valence-corrected chi connectivity index (χ0v) is 23.4. The van der Waals surface area contributed by atoms with Crippen LogP contribution in [-0.4, -0.2) is 47.2 Å². The Hall–Kier alpha value is -4.22. The Bertz CT molecular complexity index is 1640. The smallest absolute Gasteiger partial charge is 0.258 e. The Morgan fingerprint density at radius 3 is 2.42 bits per heavy atom. The molecule has 1 heterocycles. The molecule has 40 heavy (non-hydrogen) atoms. The molecule has 0 spiro atoms. The second-order valence-corrected chi connectivity index (χ2v) is 10.5. The first-order chi connectivity index (χ1) is 19.2.